The Morgan fingerprint density at radius 1 is 1.36 bits per heavy atom. The summed E-state index contributed by atoms with van der Waals surface area (Å²) in [5.74, 6) is 0.670. The molecule has 0 bridgehead atoms. The second kappa shape index (κ2) is 4.32. The molecule has 1 aliphatic carbocycles. The summed E-state index contributed by atoms with van der Waals surface area (Å²) >= 11 is 0. The lowest BCUT2D eigenvalue weighted by Crippen LogP contribution is -2.10. The Morgan fingerprint density at radius 2 is 2.18 bits per heavy atom. The third kappa shape index (κ3) is 2.87. The summed E-state index contributed by atoms with van der Waals surface area (Å²) in [6.45, 7) is 1.71. The lowest BCUT2D eigenvalue weighted by molar-refractivity contribution is -0.120. The van der Waals surface area contributed by atoms with Crippen molar-refractivity contribution in [3.63, 3.8) is 0 Å². The molecule has 0 radical (unpaired) electrons. The van der Waals surface area contributed by atoms with E-state index in [0.717, 1.165) is 12.8 Å². The van der Waals surface area contributed by atoms with Gasteiger partial charge in [0.2, 0.25) is 0 Å². The van der Waals surface area contributed by atoms with Gasteiger partial charge in [-0.2, -0.15) is 0 Å². The molecule has 0 spiro atoms. The molecule has 1 nitrogen and oxygen atoms in total. The largest absolute Gasteiger partial charge is 0.300 e. The molecule has 1 aliphatic rings. The van der Waals surface area contributed by atoms with Crippen molar-refractivity contribution in [2.24, 2.45) is 5.92 Å². The Labute approximate surface area is 68.5 Å². The standard InChI is InChI=1S/C10H16O/c1-9(11)10-7-5-3-2-4-6-8-10/h3,5,10H,2,4,6-8H2,1H3/b5-3-. The van der Waals surface area contributed by atoms with Crippen LogP contribution in [0.4, 0.5) is 0 Å². The van der Waals surface area contributed by atoms with E-state index in [1.54, 1.807) is 6.92 Å². The number of rotatable bonds is 1. The fourth-order valence-corrected chi connectivity index (χ4v) is 1.52. The van der Waals surface area contributed by atoms with Gasteiger partial charge in [0, 0.05) is 5.92 Å². The van der Waals surface area contributed by atoms with Gasteiger partial charge in [-0.3, -0.25) is 4.79 Å². The molecule has 0 N–H and O–H groups in total. The van der Waals surface area contributed by atoms with Crippen LogP contribution in [0.15, 0.2) is 12.2 Å². The average molecular weight is 152 g/mol. The number of carbonyl (C=O) groups excluding carboxylic acids is 1. The molecular weight excluding hydrogens is 136 g/mol. The Hall–Kier alpha value is -0.590. The predicted molar refractivity (Wildman–Crippen MR) is 46.4 cm³/mol. The predicted octanol–water partition coefficient (Wildman–Crippen LogP) is 2.71. The van der Waals surface area contributed by atoms with E-state index in [1.165, 1.54) is 19.3 Å². The van der Waals surface area contributed by atoms with Gasteiger partial charge in [0.1, 0.15) is 5.78 Å². The van der Waals surface area contributed by atoms with Crippen LogP contribution in [-0.4, -0.2) is 5.78 Å². The Bertz CT molecular complexity index is 158. The number of Topliss-reactive ketones (excluding diaryl/α,β-unsaturated/α-hetero) is 1. The van der Waals surface area contributed by atoms with Gasteiger partial charge < -0.3 is 0 Å². The molecule has 0 fully saturated rings. The van der Waals surface area contributed by atoms with E-state index in [1.807, 2.05) is 0 Å². The highest BCUT2D eigenvalue weighted by Gasteiger charge is 2.12. The minimum absolute atomic E-state index is 0.312. The fraction of sp³-hybridized carbons (Fsp3) is 0.700. The van der Waals surface area contributed by atoms with Gasteiger partial charge in [0.25, 0.3) is 0 Å². The fourth-order valence-electron chi connectivity index (χ4n) is 1.52. The smallest absolute Gasteiger partial charge is 0.133 e. The van der Waals surface area contributed by atoms with Crippen LogP contribution in [0.3, 0.4) is 0 Å². The summed E-state index contributed by atoms with van der Waals surface area (Å²) < 4.78 is 0. The summed E-state index contributed by atoms with van der Waals surface area (Å²) in [6.07, 6.45) is 10.1. The van der Waals surface area contributed by atoms with Gasteiger partial charge >= 0.3 is 0 Å². The number of allylic oxidation sites excluding steroid dienone is 2. The topological polar surface area (TPSA) is 17.1 Å². The van der Waals surface area contributed by atoms with Crippen LogP contribution in [0, 0.1) is 5.92 Å². The zero-order valence-corrected chi connectivity index (χ0v) is 7.18. The molecule has 0 heterocycles. The van der Waals surface area contributed by atoms with E-state index in [-0.39, 0.29) is 0 Å². The van der Waals surface area contributed by atoms with Crippen molar-refractivity contribution in [2.75, 3.05) is 0 Å². The first-order chi connectivity index (χ1) is 5.30. The van der Waals surface area contributed by atoms with Gasteiger partial charge in [-0.25, -0.2) is 0 Å². The Kier molecular flexibility index (Phi) is 3.34. The van der Waals surface area contributed by atoms with Crippen LogP contribution in [-0.2, 0) is 4.79 Å². The third-order valence-corrected chi connectivity index (χ3v) is 2.34. The second-order valence-corrected chi connectivity index (χ2v) is 3.30. The molecule has 1 rings (SSSR count). The summed E-state index contributed by atoms with van der Waals surface area (Å²) in [7, 11) is 0. The average Bonchev–Trinajstić information content (AvgIpc) is 1.84. The number of ketones is 1. The molecule has 1 heteroatoms. The minimum Gasteiger partial charge on any atom is -0.300 e. The maximum atomic E-state index is 11.0. The highest BCUT2D eigenvalue weighted by atomic mass is 16.1. The highest BCUT2D eigenvalue weighted by molar-refractivity contribution is 5.78. The maximum absolute atomic E-state index is 11.0. The molecular formula is C10H16O. The molecule has 0 saturated carbocycles. The second-order valence-electron chi connectivity index (χ2n) is 3.30. The highest BCUT2D eigenvalue weighted by Crippen LogP contribution is 2.18. The number of hydrogen-bond donors (Lipinski definition) is 0. The monoisotopic (exact) mass is 152 g/mol. The van der Waals surface area contributed by atoms with Crippen LogP contribution in [0.2, 0.25) is 0 Å². The Balaban J connectivity index is 2.45. The van der Waals surface area contributed by atoms with E-state index < -0.39 is 0 Å². The molecule has 0 saturated heterocycles. The van der Waals surface area contributed by atoms with E-state index in [2.05, 4.69) is 12.2 Å². The summed E-state index contributed by atoms with van der Waals surface area (Å²) in [6, 6.07) is 0. The molecule has 0 aromatic carbocycles. The SMILES string of the molecule is CC(=O)C1C/C=C\CCCC1. The van der Waals surface area contributed by atoms with E-state index >= 15 is 0 Å². The zero-order chi connectivity index (χ0) is 8.10. The van der Waals surface area contributed by atoms with Crippen LogP contribution in [0.25, 0.3) is 0 Å². The number of hydrogen-bond acceptors (Lipinski definition) is 1. The van der Waals surface area contributed by atoms with Crippen molar-refractivity contribution < 1.29 is 4.79 Å². The van der Waals surface area contributed by atoms with Crippen LogP contribution >= 0.6 is 0 Å². The molecule has 62 valence electrons. The molecule has 0 aromatic rings. The lowest BCUT2D eigenvalue weighted by atomic mass is 9.92. The van der Waals surface area contributed by atoms with Crippen LogP contribution in [0.1, 0.15) is 39.0 Å². The quantitative estimate of drug-likeness (QED) is 0.528. The third-order valence-electron chi connectivity index (χ3n) is 2.34. The van der Waals surface area contributed by atoms with Crippen LogP contribution < -0.4 is 0 Å². The van der Waals surface area contributed by atoms with Crippen molar-refractivity contribution in [2.45, 2.75) is 39.0 Å². The first kappa shape index (κ1) is 8.51. The van der Waals surface area contributed by atoms with Gasteiger partial charge in [0.15, 0.2) is 0 Å². The zero-order valence-electron chi connectivity index (χ0n) is 7.18. The first-order valence-electron chi connectivity index (χ1n) is 4.46. The van der Waals surface area contributed by atoms with Crippen molar-refractivity contribution in [1.82, 2.24) is 0 Å². The van der Waals surface area contributed by atoms with Gasteiger partial charge in [0.05, 0.1) is 0 Å². The molecule has 1 atom stereocenters. The van der Waals surface area contributed by atoms with Gasteiger partial charge in [-0.05, 0) is 32.6 Å². The summed E-state index contributed by atoms with van der Waals surface area (Å²) in [4.78, 5) is 11.0. The molecule has 0 amide bonds. The van der Waals surface area contributed by atoms with Gasteiger partial charge in [-0.1, -0.05) is 18.6 Å². The van der Waals surface area contributed by atoms with Crippen molar-refractivity contribution in [1.29, 1.82) is 0 Å². The molecule has 0 aliphatic heterocycles. The maximum Gasteiger partial charge on any atom is 0.133 e. The number of carbonyl (C=O) groups is 1. The first-order valence-corrected chi connectivity index (χ1v) is 4.46. The van der Waals surface area contributed by atoms with E-state index in [9.17, 15) is 4.79 Å². The molecule has 1 unspecified atom stereocenters. The minimum atomic E-state index is 0.312. The normalized spacial score (nSPS) is 28.6. The van der Waals surface area contributed by atoms with Crippen LogP contribution in [0.5, 0.6) is 0 Å². The summed E-state index contributed by atoms with van der Waals surface area (Å²) in [5, 5.41) is 0. The van der Waals surface area contributed by atoms with E-state index in [4.69, 9.17) is 0 Å². The molecule has 11 heavy (non-hydrogen) atoms. The van der Waals surface area contributed by atoms with Crippen molar-refractivity contribution in [3.05, 3.63) is 12.2 Å². The summed E-state index contributed by atoms with van der Waals surface area (Å²) in [5.41, 5.74) is 0. The molecule has 0 aromatic heterocycles. The van der Waals surface area contributed by atoms with E-state index in [0.29, 0.717) is 11.7 Å². The van der Waals surface area contributed by atoms with Crippen molar-refractivity contribution >= 4 is 5.78 Å². The van der Waals surface area contributed by atoms with Crippen molar-refractivity contribution in [3.8, 4) is 0 Å². The lowest BCUT2D eigenvalue weighted by Gasteiger charge is -2.12. The van der Waals surface area contributed by atoms with Gasteiger partial charge in [-0.15, -0.1) is 0 Å². The Morgan fingerprint density at radius 3 is 2.91 bits per heavy atom.